The third-order valence-corrected chi connectivity index (χ3v) is 2.14. The Balaban J connectivity index is 2.86. The molecule has 0 unspecified atom stereocenters. The summed E-state index contributed by atoms with van der Waals surface area (Å²) >= 11 is 0. The fourth-order valence-corrected chi connectivity index (χ4v) is 1.28. The van der Waals surface area contributed by atoms with Crippen LogP contribution in [0.4, 0.5) is 10.5 Å². The van der Waals surface area contributed by atoms with E-state index in [0.29, 0.717) is 5.69 Å². The maximum Gasteiger partial charge on any atom is 0.328 e. The molecule has 0 aliphatic rings. The summed E-state index contributed by atoms with van der Waals surface area (Å²) in [4.78, 5) is 21.5. The smallest absolute Gasteiger partial charge is 0.328 e. The van der Waals surface area contributed by atoms with Crippen molar-refractivity contribution in [1.82, 2.24) is 5.32 Å². The first-order chi connectivity index (χ1) is 8.02. The van der Waals surface area contributed by atoms with E-state index in [2.05, 4.69) is 10.6 Å². The largest absolute Gasteiger partial charge is 0.478 e. The van der Waals surface area contributed by atoms with Gasteiger partial charge in [0.1, 0.15) is 0 Å². The van der Waals surface area contributed by atoms with Gasteiger partial charge in [-0.05, 0) is 36.3 Å². The second-order valence-electron chi connectivity index (χ2n) is 3.45. The van der Waals surface area contributed by atoms with Gasteiger partial charge in [0.25, 0.3) is 0 Å². The fraction of sp³-hybridized carbons (Fsp3) is 0.167. The zero-order valence-electron chi connectivity index (χ0n) is 9.65. The minimum absolute atomic E-state index is 0.290. The molecule has 1 aromatic carbocycles. The van der Waals surface area contributed by atoms with Gasteiger partial charge in [0.2, 0.25) is 0 Å². The minimum atomic E-state index is -0.991. The van der Waals surface area contributed by atoms with Crippen molar-refractivity contribution in [2.24, 2.45) is 0 Å². The Morgan fingerprint density at radius 1 is 1.35 bits per heavy atom. The highest BCUT2D eigenvalue weighted by Gasteiger charge is 2.02. The van der Waals surface area contributed by atoms with E-state index in [1.165, 1.54) is 13.1 Å². The van der Waals surface area contributed by atoms with E-state index in [0.717, 1.165) is 17.2 Å². The summed E-state index contributed by atoms with van der Waals surface area (Å²) in [6, 6.07) is 4.97. The molecule has 5 nitrogen and oxygen atoms in total. The Morgan fingerprint density at radius 2 is 2.06 bits per heavy atom. The molecular formula is C12H14N2O3. The lowest BCUT2D eigenvalue weighted by Crippen LogP contribution is -2.24. The molecule has 1 rings (SSSR count). The van der Waals surface area contributed by atoms with Gasteiger partial charge < -0.3 is 15.7 Å². The van der Waals surface area contributed by atoms with E-state index < -0.39 is 5.97 Å². The molecule has 1 aromatic rings. The highest BCUT2D eigenvalue weighted by molar-refractivity contribution is 5.90. The molecule has 5 heteroatoms. The van der Waals surface area contributed by atoms with Crippen LogP contribution in [0.15, 0.2) is 24.3 Å². The monoisotopic (exact) mass is 234 g/mol. The van der Waals surface area contributed by atoms with Gasteiger partial charge in [-0.3, -0.25) is 0 Å². The fourth-order valence-electron chi connectivity index (χ4n) is 1.28. The van der Waals surface area contributed by atoms with Gasteiger partial charge >= 0.3 is 12.0 Å². The minimum Gasteiger partial charge on any atom is -0.478 e. The summed E-state index contributed by atoms with van der Waals surface area (Å²) in [7, 11) is 1.54. The lowest BCUT2D eigenvalue weighted by Gasteiger charge is -2.08. The van der Waals surface area contributed by atoms with E-state index in [1.807, 2.05) is 6.92 Å². The topological polar surface area (TPSA) is 78.4 Å². The third kappa shape index (κ3) is 3.98. The lowest BCUT2D eigenvalue weighted by atomic mass is 10.1. The summed E-state index contributed by atoms with van der Waals surface area (Å²) < 4.78 is 0. The quantitative estimate of drug-likeness (QED) is 0.698. The van der Waals surface area contributed by atoms with Crippen LogP contribution in [-0.2, 0) is 4.79 Å². The van der Waals surface area contributed by atoms with Gasteiger partial charge in [0, 0.05) is 18.8 Å². The zero-order valence-corrected chi connectivity index (χ0v) is 9.65. The molecule has 17 heavy (non-hydrogen) atoms. The number of aliphatic carboxylic acids is 1. The highest BCUT2D eigenvalue weighted by atomic mass is 16.4. The second-order valence-corrected chi connectivity index (χ2v) is 3.45. The van der Waals surface area contributed by atoms with Gasteiger partial charge in [-0.2, -0.15) is 0 Å². The molecule has 0 aliphatic carbocycles. The maximum absolute atomic E-state index is 11.1. The number of nitrogens with one attached hydrogen (secondary N) is 2. The van der Waals surface area contributed by atoms with Crippen LogP contribution in [0.1, 0.15) is 11.1 Å². The van der Waals surface area contributed by atoms with Crippen molar-refractivity contribution in [1.29, 1.82) is 0 Å². The molecule has 0 spiro atoms. The Hall–Kier alpha value is -2.30. The number of anilines is 1. The average Bonchev–Trinajstić information content (AvgIpc) is 2.29. The number of carbonyl (C=O) groups excluding carboxylic acids is 1. The summed E-state index contributed by atoms with van der Waals surface area (Å²) in [6.45, 7) is 1.84. The SMILES string of the molecule is CNC(=O)Nc1ccc(/C=C/C(=O)O)cc1C. The van der Waals surface area contributed by atoms with Gasteiger partial charge in [0.05, 0.1) is 0 Å². The van der Waals surface area contributed by atoms with E-state index >= 15 is 0 Å². The van der Waals surface area contributed by atoms with Crippen molar-refractivity contribution in [3.8, 4) is 0 Å². The first-order valence-corrected chi connectivity index (χ1v) is 5.03. The molecular weight excluding hydrogens is 220 g/mol. The van der Waals surface area contributed by atoms with E-state index in [-0.39, 0.29) is 6.03 Å². The molecule has 0 radical (unpaired) electrons. The molecule has 0 heterocycles. The highest BCUT2D eigenvalue weighted by Crippen LogP contribution is 2.17. The Morgan fingerprint density at radius 3 is 2.59 bits per heavy atom. The van der Waals surface area contributed by atoms with Crippen LogP contribution in [0.25, 0.3) is 6.08 Å². The Labute approximate surface area is 99.1 Å². The van der Waals surface area contributed by atoms with Crippen molar-refractivity contribution in [2.75, 3.05) is 12.4 Å². The first-order valence-electron chi connectivity index (χ1n) is 5.03. The number of hydrogen-bond acceptors (Lipinski definition) is 2. The number of aryl methyl sites for hydroxylation is 1. The zero-order chi connectivity index (χ0) is 12.8. The lowest BCUT2D eigenvalue weighted by molar-refractivity contribution is -0.131. The van der Waals surface area contributed by atoms with Crippen molar-refractivity contribution in [2.45, 2.75) is 6.92 Å². The summed E-state index contributed by atoms with van der Waals surface area (Å²) in [5, 5.41) is 13.6. The van der Waals surface area contributed by atoms with Crippen molar-refractivity contribution in [3.05, 3.63) is 35.4 Å². The number of carboxylic acids is 1. The number of urea groups is 1. The molecule has 0 atom stereocenters. The predicted octanol–water partition coefficient (Wildman–Crippen LogP) is 1.84. The standard InChI is InChI=1S/C12H14N2O3/c1-8-7-9(4-6-11(15)16)3-5-10(8)14-12(17)13-2/h3-7H,1-2H3,(H,15,16)(H2,13,14,17)/b6-4+. The molecule has 0 fully saturated rings. The Bertz CT molecular complexity index is 467. The van der Waals surface area contributed by atoms with Crippen LogP contribution in [0, 0.1) is 6.92 Å². The Kier molecular flexibility index (Phi) is 4.28. The maximum atomic E-state index is 11.1. The van der Waals surface area contributed by atoms with E-state index in [4.69, 9.17) is 5.11 Å². The number of carboxylic acid groups (broad SMARTS) is 1. The average molecular weight is 234 g/mol. The number of amides is 2. The first kappa shape index (κ1) is 12.8. The van der Waals surface area contributed by atoms with Crippen molar-refractivity contribution in [3.63, 3.8) is 0 Å². The van der Waals surface area contributed by atoms with Crippen molar-refractivity contribution >= 4 is 23.8 Å². The van der Waals surface area contributed by atoms with Crippen LogP contribution in [0.5, 0.6) is 0 Å². The predicted molar refractivity (Wildman–Crippen MR) is 65.9 cm³/mol. The molecule has 0 saturated heterocycles. The number of rotatable bonds is 3. The molecule has 0 bridgehead atoms. The van der Waals surface area contributed by atoms with E-state index in [1.54, 1.807) is 18.2 Å². The molecule has 0 saturated carbocycles. The second kappa shape index (κ2) is 5.69. The van der Waals surface area contributed by atoms with Crippen LogP contribution in [0.3, 0.4) is 0 Å². The molecule has 0 aliphatic heterocycles. The van der Waals surface area contributed by atoms with Crippen molar-refractivity contribution < 1.29 is 14.7 Å². The van der Waals surface area contributed by atoms with E-state index in [9.17, 15) is 9.59 Å². The summed E-state index contributed by atoms with van der Waals surface area (Å²) in [5.74, 6) is -0.991. The van der Waals surface area contributed by atoms with Gasteiger partial charge in [-0.25, -0.2) is 9.59 Å². The normalized spacial score (nSPS) is 10.2. The number of benzene rings is 1. The van der Waals surface area contributed by atoms with Crippen LogP contribution in [0.2, 0.25) is 0 Å². The van der Waals surface area contributed by atoms with Crippen LogP contribution in [-0.4, -0.2) is 24.2 Å². The van der Waals surface area contributed by atoms with Crippen LogP contribution >= 0.6 is 0 Å². The summed E-state index contributed by atoms with van der Waals surface area (Å²) in [6.07, 6.45) is 2.57. The molecule has 0 aromatic heterocycles. The molecule has 2 amide bonds. The number of hydrogen-bond donors (Lipinski definition) is 3. The van der Waals surface area contributed by atoms with Gasteiger partial charge in [-0.1, -0.05) is 6.07 Å². The van der Waals surface area contributed by atoms with Gasteiger partial charge in [-0.15, -0.1) is 0 Å². The molecule has 3 N–H and O–H groups in total. The van der Waals surface area contributed by atoms with Crippen LogP contribution < -0.4 is 10.6 Å². The number of carbonyl (C=O) groups is 2. The van der Waals surface area contributed by atoms with Gasteiger partial charge in [0.15, 0.2) is 0 Å². The molecule has 90 valence electrons. The summed E-state index contributed by atoms with van der Waals surface area (Å²) in [5.41, 5.74) is 2.32. The third-order valence-electron chi connectivity index (χ3n) is 2.14.